The van der Waals surface area contributed by atoms with E-state index in [2.05, 4.69) is 15.4 Å². The van der Waals surface area contributed by atoms with E-state index in [1.165, 1.54) is 12.1 Å². The first kappa shape index (κ1) is 18.6. The smallest absolute Gasteiger partial charge is 0.253 e. The van der Waals surface area contributed by atoms with E-state index in [1.807, 2.05) is 48.7 Å². The summed E-state index contributed by atoms with van der Waals surface area (Å²) in [6.45, 7) is 4.14. The van der Waals surface area contributed by atoms with E-state index < -0.39 is 0 Å². The number of aryl methyl sites for hydroxylation is 1. The summed E-state index contributed by atoms with van der Waals surface area (Å²) in [5.41, 5.74) is 3.83. The lowest BCUT2D eigenvalue weighted by atomic mass is 10.2. The fourth-order valence-electron chi connectivity index (χ4n) is 3.29. The van der Waals surface area contributed by atoms with E-state index in [0.717, 1.165) is 22.9 Å². The van der Waals surface area contributed by atoms with Gasteiger partial charge < -0.3 is 9.88 Å². The molecule has 0 fully saturated rings. The number of carbonyl (C=O) groups excluding carboxylic acids is 1. The Morgan fingerprint density at radius 2 is 1.90 bits per heavy atom. The van der Waals surface area contributed by atoms with Gasteiger partial charge in [-0.15, -0.1) is 0 Å². The minimum atomic E-state index is -0.295. The number of halogens is 1. The van der Waals surface area contributed by atoms with Gasteiger partial charge in [0.25, 0.3) is 5.91 Å². The molecule has 29 heavy (non-hydrogen) atoms. The molecule has 0 aliphatic heterocycles. The Morgan fingerprint density at radius 3 is 2.62 bits per heavy atom. The summed E-state index contributed by atoms with van der Waals surface area (Å²) in [6.07, 6.45) is 3.51. The summed E-state index contributed by atoms with van der Waals surface area (Å²) in [7, 11) is 0. The molecule has 0 spiro atoms. The molecule has 0 bridgehead atoms. The lowest BCUT2D eigenvalue weighted by Gasteiger charge is -2.08. The predicted molar refractivity (Wildman–Crippen MR) is 108 cm³/mol. The van der Waals surface area contributed by atoms with Crippen molar-refractivity contribution in [2.75, 3.05) is 0 Å². The highest BCUT2D eigenvalue weighted by Crippen LogP contribution is 2.19. The van der Waals surface area contributed by atoms with Crippen LogP contribution in [0.5, 0.6) is 0 Å². The number of benzene rings is 1. The summed E-state index contributed by atoms with van der Waals surface area (Å²) < 4.78 is 16.7. The zero-order chi connectivity index (χ0) is 20.4. The molecule has 0 aliphatic carbocycles. The lowest BCUT2D eigenvalue weighted by molar-refractivity contribution is 0.0950. The fraction of sp³-hybridized carbons (Fsp3) is 0.136. The number of hydrogen-bond donors (Lipinski definition) is 1. The summed E-state index contributed by atoms with van der Waals surface area (Å²) >= 11 is 0. The molecule has 0 radical (unpaired) electrons. The maximum atomic E-state index is 13.1. The Labute approximate surface area is 167 Å². The van der Waals surface area contributed by atoms with Crippen LogP contribution in [0.15, 0.2) is 67.0 Å². The highest BCUT2D eigenvalue weighted by atomic mass is 19.1. The number of nitrogens with one attached hydrogen (secondary N) is 1. The van der Waals surface area contributed by atoms with Crippen LogP contribution in [0.25, 0.3) is 11.5 Å². The second-order valence-electron chi connectivity index (χ2n) is 6.72. The van der Waals surface area contributed by atoms with E-state index in [-0.39, 0.29) is 11.7 Å². The summed E-state index contributed by atoms with van der Waals surface area (Å²) in [5.74, 6) is 0.313. The Bertz CT molecular complexity index is 1150. The maximum absolute atomic E-state index is 13.1. The second-order valence-corrected chi connectivity index (χ2v) is 6.72. The average molecular weight is 389 g/mol. The van der Waals surface area contributed by atoms with Gasteiger partial charge in [-0.05, 0) is 62.4 Å². The van der Waals surface area contributed by atoms with Crippen LogP contribution in [0, 0.1) is 19.7 Å². The third-order valence-electron chi connectivity index (χ3n) is 4.72. The fourth-order valence-corrected chi connectivity index (χ4v) is 3.29. The maximum Gasteiger partial charge on any atom is 0.253 e. The summed E-state index contributed by atoms with van der Waals surface area (Å²) in [4.78, 5) is 17.1. The van der Waals surface area contributed by atoms with Gasteiger partial charge in [-0.3, -0.25) is 4.79 Å². The van der Waals surface area contributed by atoms with E-state index in [9.17, 15) is 9.18 Å². The number of aromatic nitrogens is 4. The van der Waals surface area contributed by atoms with Crippen molar-refractivity contribution in [1.29, 1.82) is 0 Å². The zero-order valence-electron chi connectivity index (χ0n) is 16.1. The van der Waals surface area contributed by atoms with E-state index >= 15 is 0 Å². The lowest BCUT2D eigenvalue weighted by Crippen LogP contribution is -2.23. The Balaban J connectivity index is 1.48. The van der Waals surface area contributed by atoms with Gasteiger partial charge >= 0.3 is 0 Å². The monoisotopic (exact) mass is 389 g/mol. The second kappa shape index (κ2) is 7.71. The largest absolute Gasteiger partial charge is 0.346 e. The molecule has 0 unspecified atom stereocenters. The number of amides is 1. The molecular formula is C22H20FN5O. The highest BCUT2D eigenvalue weighted by Gasteiger charge is 2.17. The Morgan fingerprint density at radius 1 is 1.10 bits per heavy atom. The summed E-state index contributed by atoms with van der Waals surface area (Å²) in [5, 5.41) is 7.35. The first-order chi connectivity index (χ1) is 14.0. The number of rotatable bonds is 5. The van der Waals surface area contributed by atoms with Gasteiger partial charge in [-0.1, -0.05) is 6.07 Å². The third kappa shape index (κ3) is 3.80. The molecule has 1 aromatic carbocycles. The number of nitrogens with zero attached hydrogens (tertiary/aromatic N) is 4. The van der Waals surface area contributed by atoms with Gasteiger partial charge in [-0.2, -0.15) is 5.10 Å². The summed E-state index contributed by atoms with van der Waals surface area (Å²) in [6, 6.07) is 15.4. The van der Waals surface area contributed by atoms with Crippen LogP contribution in [0.3, 0.4) is 0 Å². The van der Waals surface area contributed by atoms with Crippen molar-refractivity contribution < 1.29 is 9.18 Å². The molecule has 1 N–H and O–H groups in total. The molecule has 1 amide bonds. The normalized spacial score (nSPS) is 10.9. The van der Waals surface area contributed by atoms with Crippen molar-refractivity contribution in [3.63, 3.8) is 0 Å². The molecule has 4 rings (SSSR count). The molecule has 3 aromatic heterocycles. The first-order valence-electron chi connectivity index (χ1n) is 9.22. The van der Waals surface area contributed by atoms with Gasteiger partial charge in [0.05, 0.1) is 23.5 Å². The number of carbonyl (C=O) groups is 1. The van der Waals surface area contributed by atoms with Crippen molar-refractivity contribution in [3.05, 3.63) is 95.5 Å². The molecule has 146 valence electrons. The highest BCUT2D eigenvalue weighted by molar-refractivity contribution is 5.95. The van der Waals surface area contributed by atoms with Gasteiger partial charge in [0.15, 0.2) is 0 Å². The van der Waals surface area contributed by atoms with E-state index in [0.29, 0.717) is 17.8 Å². The van der Waals surface area contributed by atoms with E-state index in [4.69, 9.17) is 0 Å². The SMILES string of the molecule is Cc1cc(C(=O)NCc2ccn(-c3ccc(F)cc3)n2)c(C)n1-c1ccccn1. The molecule has 6 nitrogen and oxygen atoms in total. The van der Waals surface area contributed by atoms with Crippen molar-refractivity contribution in [3.8, 4) is 11.5 Å². The molecular weight excluding hydrogens is 369 g/mol. The van der Waals surface area contributed by atoms with Crippen LogP contribution in [0.1, 0.15) is 27.4 Å². The average Bonchev–Trinajstić information content (AvgIpc) is 3.32. The first-order valence-corrected chi connectivity index (χ1v) is 9.22. The standard InChI is InChI=1S/C22H20FN5O/c1-15-13-20(16(2)28(15)21-5-3-4-11-24-21)22(29)25-14-18-10-12-27(26-18)19-8-6-17(23)7-9-19/h3-13H,14H2,1-2H3,(H,25,29). The molecule has 4 aromatic rings. The van der Waals surface area contributed by atoms with Crippen LogP contribution in [0.2, 0.25) is 0 Å². The molecule has 0 atom stereocenters. The van der Waals surface area contributed by atoms with Crippen molar-refractivity contribution in [1.82, 2.24) is 24.6 Å². The van der Waals surface area contributed by atoms with Crippen molar-refractivity contribution in [2.24, 2.45) is 0 Å². The van der Waals surface area contributed by atoms with Crippen molar-refractivity contribution in [2.45, 2.75) is 20.4 Å². The molecule has 0 saturated carbocycles. The van der Waals surface area contributed by atoms with Crippen LogP contribution in [0.4, 0.5) is 4.39 Å². The minimum Gasteiger partial charge on any atom is -0.346 e. The minimum absolute atomic E-state index is 0.170. The Hall–Kier alpha value is -3.74. The molecule has 0 aliphatic rings. The zero-order valence-corrected chi connectivity index (χ0v) is 16.1. The molecule has 7 heteroatoms. The quantitative estimate of drug-likeness (QED) is 0.565. The van der Waals surface area contributed by atoms with Crippen LogP contribution in [-0.2, 0) is 6.54 Å². The number of pyridine rings is 1. The number of hydrogen-bond acceptors (Lipinski definition) is 3. The molecule has 3 heterocycles. The van der Waals surface area contributed by atoms with Gasteiger partial charge in [0.2, 0.25) is 0 Å². The van der Waals surface area contributed by atoms with Gasteiger partial charge in [0.1, 0.15) is 11.6 Å². The van der Waals surface area contributed by atoms with Crippen LogP contribution in [-0.4, -0.2) is 25.2 Å². The van der Waals surface area contributed by atoms with Gasteiger partial charge in [-0.25, -0.2) is 14.1 Å². The predicted octanol–water partition coefficient (Wildman–Crippen LogP) is 3.74. The van der Waals surface area contributed by atoms with Crippen molar-refractivity contribution >= 4 is 5.91 Å². The Kier molecular flexibility index (Phi) is 4.95. The van der Waals surface area contributed by atoms with Crippen LogP contribution >= 0.6 is 0 Å². The van der Waals surface area contributed by atoms with E-state index in [1.54, 1.807) is 29.2 Å². The third-order valence-corrected chi connectivity index (χ3v) is 4.72. The molecule has 0 saturated heterocycles. The van der Waals surface area contributed by atoms with Gasteiger partial charge in [0, 0.05) is 23.8 Å². The topological polar surface area (TPSA) is 64.7 Å². The van der Waals surface area contributed by atoms with Crippen LogP contribution < -0.4 is 5.32 Å².